The summed E-state index contributed by atoms with van der Waals surface area (Å²) < 4.78 is 0. The van der Waals surface area contributed by atoms with Crippen LogP contribution in [0.15, 0.2) is 36.5 Å². The number of anilines is 1. The van der Waals surface area contributed by atoms with Gasteiger partial charge in [0.05, 0.1) is 5.02 Å². The second kappa shape index (κ2) is 3.97. The maximum Gasteiger partial charge on any atom is 0.129 e. The van der Waals surface area contributed by atoms with E-state index in [4.69, 9.17) is 17.3 Å². The van der Waals surface area contributed by atoms with Gasteiger partial charge in [-0.1, -0.05) is 35.9 Å². The molecule has 4 heteroatoms. The Morgan fingerprint density at radius 2 is 1.83 bits per heavy atom. The van der Waals surface area contributed by atoms with Crippen LogP contribution in [0.5, 0.6) is 0 Å². The molecular weight excluding hydrogens is 248 g/mol. The molecule has 1 aromatic carbocycles. The predicted octanol–water partition coefficient (Wildman–Crippen LogP) is 2.30. The van der Waals surface area contributed by atoms with Crippen molar-refractivity contribution in [1.82, 2.24) is 4.98 Å². The van der Waals surface area contributed by atoms with E-state index in [-0.39, 0.29) is 0 Å². The Hall–Kier alpha value is -1.58. The third-order valence-electron chi connectivity index (χ3n) is 3.47. The fraction of sp³-hybridized carbons (Fsp3) is 0.214. The van der Waals surface area contributed by atoms with E-state index in [0.29, 0.717) is 29.2 Å². The molecule has 18 heavy (non-hydrogen) atoms. The van der Waals surface area contributed by atoms with E-state index >= 15 is 0 Å². The lowest BCUT2D eigenvalue weighted by Crippen LogP contribution is -2.27. The molecule has 3 nitrogen and oxygen atoms in total. The van der Waals surface area contributed by atoms with Crippen molar-refractivity contribution in [3.8, 4) is 0 Å². The van der Waals surface area contributed by atoms with Gasteiger partial charge in [0.25, 0.3) is 0 Å². The van der Waals surface area contributed by atoms with Crippen LogP contribution in [0.2, 0.25) is 5.02 Å². The highest BCUT2D eigenvalue weighted by Crippen LogP contribution is 2.39. The minimum absolute atomic E-state index is 0.342. The van der Waals surface area contributed by atoms with Crippen LogP contribution >= 0.6 is 11.6 Å². The first-order valence-electron chi connectivity index (χ1n) is 5.79. The van der Waals surface area contributed by atoms with E-state index in [1.54, 1.807) is 6.07 Å². The third-order valence-corrected chi connectivity index (χ3v) is 3.68. The first-order valence-corrected chi connectivity index (χ1v) is 6.17. The Morgan fingerprint density at radius 1 is 1.22 bits per heavy atom. The van der Waals surface area contributed by atoms with E-state index < -0.39 is 5.60 Å². The van der Waals surface area contributed by atoms with Gasteiger partial charge < -0.3 is 10.8 Å². The highest BCUT2D eigenvalue weighted by Gasteiger charge is 2.38. The van der Waals surface area contributed by atoms with Crippen LogP contribution in [-0.2, 0) is 18.4 Å². The van der Waals surface area contributed by atoms with E-state index in [1.807, 2.05) is 24.3 Å². The molecule has 0 amide bonds. The largest absolute Gasteiger partial charge is 0.384 e. The van der Waals surface area contributed by atoms with Crippen molar-refractivity contribution in [1.29, 1.82) is 0 Å². The van der Waals surface area contributed by atoms with Gasteiger partial charge in [-0.05, 0) is 17.2 Å². The molecule has 0 fully saturated rings. The average molecular weight is 261 g/mol. The van der Waals surface area contributed by atoms with Gasteiger partial charge in [-0.3, -0.25) is 0 Å². The number of nitrogens with two attached hydrogens (primary N) is 1. The van der Waals surface area contributed by atoms with E-state index in [0.717, 1.165) is 11.1 Å². The summed E-state index contributed by atoms with van der Waals surface area (Å²) in [4.78, 5) is 4.02. The topological polar surface area (TPSA) is 59.1 Å². The zero-order chi connectivity index (χ0) is 12.8. The summed E-state index contributed by atoms with van der Waals surface area (Å²) in [6.07, 6.45) is 2.59. The van der Waals surface area contributed by atoms with Gasteiger partial charge in [0.2, 0.25) is 0 Å². The summed E-state index contributed by atoms with van der Waals surface area (Å²) in [6, 6.07) is 9.72. The molecule has 3 rings (SSSR count). The lowest BCUT2D eigenvalue weighted by atomic mass is 9.91. The maximum atomic E-state index is 10.8. The number of nitrogens with zero attached hydrogens (tertiary/aromatic N) is 1. The monoisotopic (exact) mass is 260 g/mol. The highest BCUT2D eigenvalue weighted by molar-refractivity contribution is 6.30. The number of fused-ring (bicyclic) bond motifs is 1. The summed E-state index contributed by atoms with van der Waals surface area (Å²) in [5, 5.41) is 11.3. The van der Waals surface area contributed by atoms with Crippen molar-refractivity contribution >= 4 is 17.4 Å². The molecular formula is C14H13ClN2O. The maximum absolute atomic E-state index is 10.8. The molecule has 0 atom stereocenters. The zero-order valence-electron chi connectivity index (χ0n) is 9.73. The van der Waals surface area contributed by atoms with Crippen molar-refractivity contribution in [3.63, 3.8) is 0 Å². The van der Waals surface area contributed by atoms with Crippen molar-refractivity contribution in [2.75, 3.05) is 5.73 Å². The van der Waals surface area contributed by atoms with Crippen LogP contribution in [0.3, 0.4) is 0 Å². The fourth-order valence-electron chi connectivity index (χ4n) is 2.61. The standard InChI is InChI=1S/C14H13ClN2O/c15-11-5-12(13(16)17-8-11)14(18)6-9-3-1-2-4-10(9)7-14/h1-5,8,18H,6-7H2,(H2,16,17). The average Bonchev–Trinajstić information content (AvgIpc) is 2.69. The molecule has 0 saturated heterocycles. The number of rotatable bonds is 1. The normalized spacial score (nSPS) is 16.6. The van der Waals surface area contributed by atoms with Crippen molar-refractivity contribution in [2.45, 2.75) is 18.4 Å². The van der Waals surface area contributed by atoms with Crippen LogP contribution in [0.25, 0.3) is 0 Å². The van der Waals surface area contributed by atoms with Crippen LogP contribution in [-0.4, -0.2) is 10.1 Å². The van der Waals surface area contributed by atoms with Gasteiger partial charge in [-0.25, -0.2) is 4.98 Å². The molecule has 92 valence electrons. The summed E-state index contributed by atoms with van der Waals surface area (Å²) in [7, 11) is 0. The number of halogens is 1. The van der Waals surface area contributed by atoms with Gasteiger partial charge in [-0.15, -0.1) is 0 Å². The van der Waals surface area contributed by atoms with Crippen molar-refractivity contribution in [2.24, 2.45) is 0 Å². The fourth-order valence-corrected chi connectivity index (χ4v) is 2.77. The number of aromatic nitrogens is 1. The van der Waals surface area contributed by atoms with E-state index in [2.05, 4.69) is 4.98 Å². The summed E-state index contributed by atoms with van der Waals surface area (Å²) >= 11 is 5.94. The smallest absolute Gasteiger partial charge is 0.129 e. The Labute approximate surface area is 110 Å². The zero-order valence-corrected chi connectivity index (χ0v) is 10.5. The van der Waals surface area contributed by atoms with Gasteiger partial charge in [0, 0.05) is 24.6 Å². The summed E-state index contributed by atoms with van der Waals surface area (Å²) in [5.41, 5.74) is 7.79. The lowest BCUT2D eigenvalue weighted by molar-refractivity contribution is 0.0487. The van der Waals surface area contributed by atoms with Gasteiger partial charge >= 0.3 is 0 Å². The van der Waals surface area contributed by atoms with Crippen molar-refractivity contribution in [3.05, 3.63) is 58.2 Å². The molecule has 0 unspecified atom stereocenters. The molecule has 0 radical (unpaired) electrons. The second-order valence-electron chi connectivity index (χ2n) is 4.74. The number of pyridine rings is 1. The third kappa shape index (κ3) is 1.76. The minimum atomic E-state index is -0.994. The molecule has 0 aliphatic heterocycles. The van der Waals surface area contributed by atoms with Crippen LogP contribution in [0.1, 0.15) is 16.7 Å². The van der Waals surface area contributed by atoms with Crippen LogP contribution < -0.4 is 5.73 Å². The Morgan fingerprint density at radius 3 is 2.44 bits per heavy atom. The van der Waals surface area contributed by atoms with Crippen LogP contribution in [0, 0.1) is 0 Å². The molecule has 0 bridgehead atoms. The van der Waals surface area contributed by atoms with Gasteiger partial charge in [0.15, 0.2) is 0 Å². The van der Waals surface area contributed by atoms with Crippen LogP contribution in [0.4, 0.5) is 5.82 Å². The van der Waals surface area contributed by atoms with E-state index in [9.17, 15) is 5.11 Å². The number of benzene rings is 1. The lowest BCUT2D eigenvalue weighted by Gasteiger charge is -2.24. The number of aliphatic hydroxyl groups is 1. The number of hydrogen-bond acceptors (Lipinski definition) is 3. The first-order chi connectivity index (χ1) is 8.58. The molecule has 1 aromatic heterocycles. The summed E-state index contributed by atoms with van der Waals surface area (Å²) in [6.45, 7) is 0. The highest BCUT2D eigenvalue weighted by atomic mass is 35.5. The molecule has 1 heterocycles. The molecule has 0 saturated carbocycles. The quantitative estimate of drug-likeness (QED) is 0.827. The Kier molecular flexibility index (Phi) is 2.54. The predicted molar refractivity (Wildman–Crippen MR) is 71.4 cm³/mol. The van der Waals surface area contributed by atoms with Crippen molar-refractivity contribution < 1.29 is 5.11 Å². The molecule has 0 spiro atoms. The van der Waals surface area contributed by atoms with E-state index in [1.165, 1.54) is 6.20 Å². The second-order valence-corrected chi connectivity index (χ2v) is 5.18. The molecule has 2 aromatic rings. The molecule has 1 aliphatic rings. The number of nitrogen functional groups attached to an aromatic ring is 1. The molecule has 1 aliphatic carbocycles. The SMILES string of the molecule is Nc1ncc(Cl)cc1C1(O)Cc2ccccc2C1. The summed E-state index contributed by atoms with van der Waals surface area (Å²) in [5.74, 6) is 0.342. The first kappa shape index (κ1) is 11.5. The minimum Gasteiger partial charge on any atom is -0.384 e. The molecule has 3 N–H and O–H groups in total. The Balaban J connectivity index is 2.06. The number of hydrogen-bond donors (Lipinski definition) is 2. The van der Waals surface area contributed by atoms with Gasteiger partial charge in [0.1, 0.15) is 11.4 Å². The Bertz CT molecular complexity index is 587. The van der Waals surface area contributed by atoms with Gasteiger partial charge in [-0.2, -0.15) is 0 Å².